The second kappa shape index (κ2) is 11.6. The average Bonchev–Trinajstić information content (AvgIpc) is 2.48. The van der Waals surface area contributed by atoms with Crippen molar-refractivity contribution >= 4 is 0 Å². The maximum atomic E-state index is 13.8. The van der Waals surface area contributed by atoms with Crippen LogP contribution in [0.4, 0.5) is 4.39 Å². The van der Waals surface area contributed by atoms with Gasteiger partial charge in [0.05, 0.1) is 6.61 Å². The molecule has 0 unspecified atom stereocenters. The lowest BCUT2D eigenvalue weighted by atomic mass is 10.1. The van der Waals surface area contributed by atoms with E-state index in [9.17, 15) is 4.39 Å². The molecule has 1 aromatic rings. The fourth-order valence-electron chi connectivity index (χ4n) is 2.39. The summed E-state index contributed by atoms with van der Waals surface area (Å²) < 4.78 is 19.3. The van der Waals surface area contributed by atoms with E-state index < -0.39 is 0 Å². The number of halogens is 1. The quantitative estimate of drug-likeness (QED) is 0.544. The Morgan fingerprint density at radius 2 is 1.67 bits per heavy atom. The first-order chi connectivity index (χ1) is 10.3. The smallest absolute Gasteiger partial charge is 0.165 e. The van der Waals surface area contributed by atoms with Crippen molar-refractivity contribution in [2.45, 2.75) is 64.8 Å². The number of rotatable bonds is 12. The van der Waals surface area contributed by atoms with Gasteiger partial charge in [0, 0.05) is 6.54 Å². The fourth-order valence-corrected chi connectivity index (χ4v) is 2.39. The summed E-state index contributed by atoms with van der Waals surface area (Å²) in [5, 5.41) is 3.01. The summed E-state index contributed by atoms with van der Waals surface area (Å²) in [6, 6.07) is 5.18. The van der Waals surface area contributed by atoms with Crippen LogP contribution < -0.4 is 10.1 Å². The fraction of sp³-hybridized carbons (Fsp3) is 0.667. The summed E-state index contributed by atoms with van der Waals surface area (Å²) in [6.45, 7) is 3.52. The highest BCUT2D eigenvalue weighted by Gasteiger charge is 2.04. The van der Waals surface area contributed by atoms with Gasteiger partial charge in [-0.15, -0.1) is 0 Å². The highest BCUT2D eigenvalue weighted by Crippen LogP contribution is 2.19. The summed E-state index contributed by atoms with van der Waals surface area (Å²) in [6.07, 6.45) is 10.1. The Balaban J connectivity index is 2.10. The van der Waals surface area contributed by atoms with Gasteiger partial charge in [-0.25, -0.2) is 4.39 Å². The van der Waals surface area contributed by atoms with Crippen LogP contribution in [0.2, 0.25) is 0 Å². The van der Waals surface area contributed by atoms with Crippen molar-refractivity contribution in [1.82, 2.24) is 5.32 Å². The molecule has 0 heterocycles. The van der Waals surface area contributed by atoms with Gasteiger partial charge in [-0.1, -0.05) is 57.9 Å². The van der Waals surface area contributed by atoms with E-state index in [1.165, 1.54) is 44.9 Å². The average molecular weight is 295 g/mol. The Morgan fingerprint density at radius 1 is 1.00 bits per heavy atom. The van der Waals surface area contributed by atoms with E-state index in [-0.39, 0.29) is 5.82 Å². The van der Waals surface area contributed by atoms with E-state index in [0.717, 1.165) is 12.0 Å². The molecule has 0 saturated carbocycles. The van der Waals surface area contributed by atoms with Gasteiger partial charge in [-0.05, 0) is 31.2 Å². The number of unbranched alkanes of at least 4 members (excludes halogenated alkanes) is 7. The van der Waals surface area contributed by atoms with Crippen LogP contribution in [0.1, 0.15) is 63.9 Å². The summed E-state index contributed by atoms with van der Waals surface area (Å²) in [5.41, 5.74) is 0.939. The van der Waals surface area contributed by atoms with Gasteiger partial charge >= 0.3 is 0 Å². The molecule has 0 amide bonds. The van der Waals surface area contributed by atoms with Gasteiger partial charge < -0.3 is 10.1 Å². The van der Waals surface area contributed by atoms with Crippen molar-refractivity contribution in [1.29, 1.82) is 0 Å². The number of nitrogens with one attached hydrogen (secondary N) is 1. The molecule has 0 aliphatic carbocycles. The van der Waals surface area contributed by atoms with Gasteiger partial charge in [-0.3, -0.25) is 0 Å². The lowest BCUT2D eigenvalue weighted by molar-refractivity contribution is 0.289. The van der Waals surface area contributed by atoms with Gasteiger partial charge in [0.2, 0.25) is 0 Å². The monoisotopic (exact) mass is 295 g/mol. The molecule has 0 aliphatic heterocycles. The molecular weight excluding hydrogens is 265 g/mol. The van der Waals surface area contributed by atoms with Crippen molar-refractivity contribution < 1.29 is 9.13 Å². The van der Waals surface area contributed by atoms with Crippen LogP contribution in [-0.2, 0) is 6.54 Å². The molecule has 1 aromatic carbocycles. The molecule has 1 N–H and O–H groups in total. The second-order valence-electron chi connectivity index (χ2n) is 5.62. The Kier molecular flexibility index (Phi) is 9.88. The summed E-state index contributed by atoms with van der Waals surface area (Å²) >= 11 is 0. The zero-order valence-electron chi connectivity index (χ0n) is 13.6. The Hall–Kier alpha value is -1.09. The third-order valence-corrected chi connectivity index (χ3v) is 3.63. The Labute approximate surface area is 129 Å². The highest BCUT2D eigenvalue weighted by atomic mass is 19.1. The lowest BCUT2D eigenvalue weighted by Gasteiger charge is -2.08. The van der Waals surface area contributed by atoms with Crippen molar-refractivity contribution in [3.05, 3.63) is 29.6 Å². The second-order valence-corrected chi connectivity index (χ2v) is 5.62. The Bertz CT molecular complexity index is 381. The van der Waals surface area contributed by atoms with Crippen LogP contribution in [0.25, 0.3) is 0 Å². The number of benzene rings is 1. The molecule has 21 heavy (non-hydrogen) atoms. The zero-order valence-corrected chi connectivity index (χ0v) is 13.6. The SMILES string of the molecule is CCCCCCCCCCOc1ccc(CNC)cc1F. The van der Waals surface area contributed by atoms with Crippen LogP contribution in [-0.4, -0.2) is 13.7 Å². The van der Waals surface area contributed by atoms with Gasteiger partial charge in [-0.2, -0.15) is 0 Å². The van der Waals surface area contributed by atoms with Crippen LogP contribution in [0.3, 0.4) is 0 Å². The number of hydrogen-bond acceptors (Lipinski definition) is 2. The van der Waals surface area contributed by atoms with E-state index >= 15 is 0 Å². The van der Waals surface area contributed by atoms with Crippen LogP contribution >= 0.6 is 0 Å². The first-order valence-corrected chi connectivity index (χ1v) is 8.33. The minimum absolute atomic E-state index is 0.262. The lowest BCUT2D eigenvalue weighted by Crippen LogP contribution is -2.06. The summed E-state index contributed by atoms with van der Waals surface area (Å²) in [7, 11) is 1.85. The molecule has 0 aliphatic rings. The molecule has 0 bridgehead atoms. The zero-order chi connectivity index (χ0) is 15.3. The van der Waals surface area contributed by atoms with E-state index in [1.54, 1.807) is 12.1 Å². The molecular formula is C18H30FNO. The minimum Gasteiger partial charge on any atom is -0.491 e. The van der Waals surface area contributed by atoms with Gasteiger partial charge in [0.25, 0.3) is 0 Å². The molecule has 0 saturated heterocycles. The third-order valence-electron chi connectivity index (χ3n) is 3.63. The van der Waals surface area contributed by atoms with Crippen molar-refractivity contribution in [2.75, 3.05) is 13.7 Å². The Morgan fingerprint density at radius 3 is 2.29 bits per heavy atom. The first-order valence-electron chi connectivity index (χ1n) is 8.33. The minimum atomic E-state index is -0.262. The number of ether oxygens (including phenoxy) is 1. The van der Waals surface area contributed by atoms with Crippen molar-refractivity contribution in [3.63, 3.8) is 0 Å². The molecule has 1 rings (SSSR count). The normalized spacial score (nSPS) is 10.8. The predicted octanol–water partition coefficient (Wildman–Crippen LogP) is 5.06. The third kappa shape index (κ3) is 8.05. The van der Waals surface area contributed by atoms with Crippen LogP contribution in [0.5, 0.6) is 5.75 Å². The molecule has 0 spiro atoms. The molecule has 0 radical (unpaired) electrons. The summed E-state index contributed by atoms with van der Waals surface area (Å²) in [5.74, 6) is 0.111. The topological polar surface area (TPSA) is 21.3 Å². The van der Waals surface area contributed by atoms with E-state index in [0.29, 0.717) is 18.9 Å². The molecule has 120 valence electrons. The summed E-state index contributed by atoms with van der Waals surface area (Å²) in [4.78, 5) is 0. The molecule has 2 nitrogen and oxygen atoms in total. The molecule has 0 aromatic heterocycles. The molecule has 0 fully saturated rings. The number of hydrogen-bond donors (Lipinski definition) is 1. The predicted molar refractivity (Wildman–Crippen MR) is 87.3 cm³/mol. The molecule has 0 atom stereocenters. The highest BCUT2D eigenvalue weighted by molar-refractivity contribution is 5.29. The first kappa shape index (κ1) is 18.0. The van der Waals surface area contributed by atoms with Crippen LogP contribution in [0.15, 0.2) is 18.2 Å². The standard InChI is InChI=1S/C18H30FNO/c1-3-4-5-6-7-8-9-10-13-21-18-12-11-16(15-20-2)14-17(18)19/h11-12,14,20H,3-10,13,15H2,1-2H3. The van der Waals surface area contributed by atoms with Crippen molar-refractivity contribution in [3.8, 4) is 5.75 Å². The van der Waals surface area contributed by atoms with Crippen molar-refractivity contribution in [2.24, 2.45) is 0 Å². The maximum absolute atomic E-state index is 13.8. The van der Waals surface area contributed by atoms with E-state index in [2.05, 4.69) is 12.2 Å². The largest absolute Gasteiger partial charge is 0.491 e. The molecule has 3 heteroatoms. The maximum Gasteiger partial charge on any atom is 0.165 e. The van der Waals surface area contributed by atoms with Crippen LogP contribution in [0, 0.1) is 5.82 Å². The van der Waals surface area contributed by atoms with Gasteiger partial charge in [0.15, 0.2) is 11.6 Å². The van der Waals surface area contributed by atoms with E-state index in [1.807, 2.05) is 13.1 Å². The van der Waals surface area contributed by atoms with E-state index in [4.69, 9.17) is 4.74 Å². The van der Waals surface area contributed by atoms with Gasteiger partial charge in [0.1, 0.15) is 0 Å².